The zero-order valence-electron chi connectivity index (χ0n) is 16.3. The van der Waals surface area contributed by atoms with Gasteiger partial charge >= 0.3 is 5.97 Å². The number of anilines is 1. The summed E-state index contributed by atoms with van der Waals surface area (Å²) in [4.78, 5) is 48.1. The van der Waals surface area contributed by atoms with E-state index in [1.165, 1.54) is 35.5 Å². The lowest BCUT2D eigenvalue weighted by atomic mass is 10.0. The Bertz CT molecular complexity index is 973. The molecule has 166 valence electrons. The number of carbonyl (C=O) groups is 3. The first-order chi connectivity index (χ1) is 14.9. The number of carboxylic acids is 1. The van der Waals surface area contributed by atoms with Crippen LogP contribution in [0.3, 0.4) is 0 Å². The van der Waals surface area contributed by atoms with Crippen LogP contribution in [0, 0.1) is 0 Å². The average Bonchev–Trinajstić information content (AvgIpc) is 3.41. The van der Waals surface area contributed by atoms with E-state index in [0.717, 1.165) is 17.8 Å². The quantitative estimate of drug-likeness (QED) is 0.279. The lowest BCUT2D eigenvalue weighted by Crippen LogP contribution is -2.71. The Labute approximate surface area is 189 Å². The second-order valence-corrected chi connectivity index (χ2v) is 10.1. The number of nitrogens with zero attached hydrogens (tertiary/aromatic N) is 3. The highest BCUT2D eigenvalue weighted by atomic mass is 32.2. The van der Waals surface area contributed by atoms with Gasteiger partial charge in [-0.2, -0.15) is 0 Å². The van der Waals surface area contributed by atoms with E-state index in [1.807, 2.05) is 0 Å². The zero-order valence-corrected chi connectivity index (χ0v) is 18.7. The fourth-order valence-corrected chi connectivity index (χ4v) is 6.69. The van der Waals surface area contributed by atoms with Crippen molar-refractivity contribution in [3.05, 3.63) is 21.7 Å². The fourth-order valence-electron chi connectivity index (χ4n) is 3.39. The maximum Gasteiger partial charge on any atom is 0.353 e. The van der Waals surface area contributed by atoms with E-state index in [0.29, 0.717) is 23.9 Å². The molecule has 4 heterocycles. The number of fused-ring (bicyclic) bond motifs is 1. The Hall–Kier alpha value is -2.29. The summed E-state index contributed by atoms with van der Waals surface area (Å²) in [6.45, 7) is 1.21. The molecule has 31 heavy (non-hydrogen) atoms. The number of oxime groups is 1. The number of nitrogens with one attached hydrogen (secondary N) is 1. The summed E-state index contributed by atoms with van der Waals surface area (Å²) in [5, 5.41) is 17.5. The van der Waals surface area contributed by atoms with Gasteiger partial charge in [-0.05, 0) is 6.42 Å². The normalized spacial score (nSPS) is 25.8. The van der Waals surface area contributed by atoms with Gasteiger partial charge < -0.3 is 25.7 Å². The van der Waals surface area contributed by atoms with E-state index in [1.54, 1.807) is 5.38 Å². The van der Waals surface area contributed by atoms with Crippen LogP contribution in [0.25, 0.3) is 0 Å². The molecule has 4 rings (SSSR count). The molecule has 1 aromatic heterocycles. The molecule has 3 aliphatic rings. The van der Waals surface area contributed by atoms with Gasteiger partial charge in [0.1, 0.15) is 29.9 Å². The third-order valence-corrected chi connectivity index (χ3v) is 8.25. The molecule has 2 saturated heterocycles. The minimum absolute atomic E-state index is 0.0193. The Morgan fingerprint density at radius 1 is 1.52 bits per heavy atom. The van der Waals surface area contributed by atoms with Gasteiger partial charge in [0.2, 0.25) is 0 Å². The van der Waals surface area contributed by atoms with Gasteiger partial charge in [-0.3, -0.25) is 14.5 Å². The van der Waals surface area contributed by atoms with E-state index in [2.05, 4.69) is 15.5 Å². The van der Waals surface area contributed by atoms with E-state index in [-0.39, 0.29) is 27.5 Å². The minimum atomic E-state index is -1.16. The Kier molecular flexibility index (Phi) is 6.41. The predicted octanol–water partition coefficient (Wildman–Crippen LogP) is 0.294. The van der Waals surface area contributed by atoms with Crippen LogP contribution in [-0.4, -0.2) is 81.2 Å². The van der Waals surface area contributed by atoms with Crippen LogP contribution >= 0.6 is 34.9 Å². The van der Waals surface area contributed by atoms with Crippen LogP contribution in [0.1, 0.15) is 12.1 Å². The molecule has 2 fully saturated rings. The van der Waals surface area contributed by atoms with Crippen molar-refractivity contribution in [3.63, 3.8) is 0 Å². The molecule has 3 aliphatic heterocycles. The van der Waals surface area contributed by atoms with Crippen molar-refractivity contribution in [3.8, 4) is 0 Å². The zero-order chi connectivity index (χ0) is 22.1. The molecule has 14 heteroatoms. The number of aromatic nitrogens is 1. The number of hydrogen-bond acceptors (Lipinski definition) is 11. The molecule has 11 nitrogen and oxygen atoms in total. The molecule has 3 atom stereocenters. The first kappa shape index (κ1) is 21.9. The van der Waals surface area contributed by atoms with E-state index >= 15 is 0 Å². The van der Waals surface area contributed by atoms with Gasteiger partial charge in [-0.15, -0.1) is 34.9 Å². The molecule has 0 saturated carbocycles. The monoisotopic (exact) mass is 485 g/mol. The first-order valence-corrected chi connectivity index (χ1v) is 12.0. The maximum absolute atomic E-state index is 12.8. The number of ether oxygens (including phenoxy) is 1. The van der Waals surface area contributed by atoms with Gasteiger partial charge in [0, 0.05) is 27.9 Å². The molecule has 0 radical (unpaired) electrons. The molecule has 0 aromatic carbocycles. The second kappa shape index (κ2) is 9.06. The highest BCUT2D eigenvalue weighted by molar-refractivity contribution is 8.06. The number of carbonyl (C=O) groups excluding carboxylic acids is 2. The van der Waals surface area contributed by atoms with Crippen molar-refractivity contribution in [2.24, 2.45) is 5.16 Å². The molecule has 0 spiro atoms. The number of aliphatic carboxylic acids is 1. The van der Waals surface area contributed by atoms with Crippen LogP contribution in [0.15, 0.2) is 21.1 Å². The number of thiazole rings is 1. The van der Waals surface area contributed by atoms with Crippen molar-refractivity contribution in [1.82, 2.24) is 15.2 Å². The van der Waals surface area contributed by atoms with Gasteiger partial charge in [-0.25, -0.2) is 9.78 Å². The Balaban J connectivity index is 1.50. The van der Waals surface area contributed by atoms with Gasteiger partial charge in [0.15, 0.2) is 10.8 Å². The summed E-state index contributed by atoms with van der Waals surface area (Å²) < 4.78 is 5.36. The summed E-state index contributed by atoms with van der Waals surface area (Å²) in [7, 11) is 1.29. The minimum Gasteiger partial charge on any atom is -0.477 e. The smallest absolute Gasteiger partial charge is 0.353 e. The molecular weight excluding hydrogens is 466 g/mol. The number of carboxylic acid groups (broad SMARTS) is 1. The topological polar surface area (TPSA) is 156 Å². The molecule has 1 aromatic rings. The van der Waals surface area contributed by atoms with Gasteiger partial charge in [-0.1, -0.05) is 5.16 Å². The average molecular weight is 486 g/mol. The highest BCUT2D eigenvalue weighted by Gasteiger charge is 2.54. The number of nitrogens with two attached hydrogens (primary N) is 1. The van der Waals surface area contributed by atoms with Gasteiger partial charge in [0.05, 0.1) is 6.61 Å². The molecule has 0 bridgehead atoms. The van der Waals surface area contributed by atoms with Crippen LogP contribution < -0.4 is 11.1 Å². The largest absolute Gasteiger partial charge is 0.477 e. The van der Waals surface area contributed by atoms with E-state index in [9.17, 15) is 19.5 Å². The third kappa shape index (κ3) is 4.24. The van der Waals surface area contributed by atoms with Crippen molar-refractivity contribution in [1.29, 1.82) is 0 Å². The highest BCUT2D eigenvalue weighted by Crippen LogP contribution is 2.45. The van der Waals surface area contributed by atoms with E-state index < -0.39 is 29.2 Å². The van der Waals surface area contributed by atoms with Crippen LogP contribution in [0.5, 0.6) is 0 Å². The predicted molar refractivity (Wildman–Crippen MR) is 117 cm³/mol. The second-order valence-electron chi connectivity index (χ2n) is 6.73. The number of hydrogen-bond donors (Lipinski definition) is 3. The molecular formula is C17H19N5O6S3. The lowest BCUT2D eigenvalue weighted by molar-refractivity contribution is -0.150. The number of nitrogen functional groups attached to an aromatic ring is 1. The summed E-state index contributed by atoms with van der Waals surface area (Å²) in [5.41, 5.74) is 5.71. The summed E-state index contributed by atoms with van der Waals surface area (Å²) >= 11 is 4.00. The van der Waals surface area contributed by atoms with Crippen LogP contribution in [-0.2, 0) is 24.0 Å². The number of amides is 2. The van der Waals surface area contributed by atoms with E-state index in [4.69, 9.17) is 15.3 Å². The molecule has 0 aliphatic carbocycles. The summed E-state index contributed by atoms with van der Waals surface area (Å²) in [6.07, 6.45) is 0.838. The molecule has 2 amide bonds. The van der Waals surface area contributed by atoms with Crippen molar-refractivity contribution in [2.45, 2.75) is 23.1 Å². The molecule has 2 unspecified atom stereocenters. The lowest BCUT2D eigenvalue weighted by Gasteiger charge is -2.49. The van der Waals surface area contributed by atoms with Crippen LogP contribution in [0.4, 0.5) is 5.13 Å². The number of thioether (sulfide) groups is 2. The standard InChI is InChI=1S/C17H19N5O6S3/c1-27-21-10(8-5-30-17(18)19-8)13(23)20-11-14(24)22-12(16(25)26)9(6-29-15(11)22)31-7-2-3-28-4-7/h5,7,11,15H,2-4,6H2,1H3,(H2,18,19)(H,20,23)(H,25,26)/t7?,11?,15-/m0/s1. The van der Waals surface area contributed by atoms with Crippen molar-refractivity contribution in [2.75, 3.05) is 31.8 Å². The van der Waals surface area contributed by atoms with Crippen molar-refractivity contribution >= 4 is 63.5 Å². The Morgan fingerprint density at radius 3 is 2.94 bits per heavy atom. The fraction of sp³-hybridized carbons (Fsp3) is 0.471. The first-order valence-electron chi connectivity index (χ1n) is 9.19. The molecule has 4 N–H and O–H groups in total. The van der Waals surface area contributed by atoms with Crippen molar-refractivity contribution < 1.29 is 29.1 Å². The van der Waals surface area contributed by atoms with Crippen LogP contribution in [0.2, 0.25) is 0 Å². The third-order valence-electron chi connectivity index (χ3n) is 4.78. The SMILES string of the molecule is CON=C(C(=O)NC1C(=O)N2C(C(=O)O)=C(SC3CCOC3)CS[C@@H]12)c1csc(N)n1. The number of β-lactam (4-membered cyclic amide) rings is 1. The van der Waals surface area contributed by atoms with Gasteiger partial charge in [0.25, 0.3) is 11.8 Å². The maximum atomic E-state index is 12.8. The summed E-state index contributed by atoms with van der Waals surface area (Å²) in [6, 6.07) is -0.883. The Morgan fingerprint density at radius 2 is 2.32 bits per heavy atom. The summed E-state index contributed by atoms with van der Waals surface area (Å²) in [5.74, 6) is -1.87. The number of rotatable bonds is 7.